The van der Waals surface area contributed by atoms with E-state index in [1.54, 1.807) is 0 Å². The quantitative estimate of drug-likeness (QED) is 0.860. The summed E-state index contributed by atoms with van der Waals surface area (Å²) in [6, 6.07) is 0. The van der Waals surface area contributed by atoms with Crippen molar-refractivity contribution in [3.63, 3.8) is 0 Å². The maximum atomic E-state index is 5.81. The fourth-order valence-corrected chi connectivity index (χ4v) is 2.41. The van der Waals surface area contributed by atoms with Crippen LogP contribution in [0.2, 0.25) is 0 Å². The van der Waals surface area contributed by atoms with E-state index >= 15 is 0 Å². The van der Waals surface area contributed by atoms with Crippen molar-refractivity contribution in [2.24, 2.45) is 0 Å². The normalized spacial score (nSPS) is 22.1. The fourth-order valence-electron chi connectivity index (χ4n) is 1.63. The first-order valence-electron chi connectivity index (χ1n) is 5.77. The van der Waals surface area contributed by atoms with Crippen LogP contribution < -0.4 is 10.1 Å². The Morgan fingerprint density at radius 3 is 2.81 bits per heavy atom. The van der Waals surface area contributed by atoms with E-state index < -0.39 is 0 Å². The predicted molar refractivity (Wildman–Crippen MR) is 65.1 cm³/mol. The largest absolute Gasteiger partial charge is 0.464 e. The Bertz CT molecular complexity index is 339. The van der Waals surface area contributed by atoms with Crippen LogP contribution in [-0.2, 0) is 5.41 Å². The molecule has 0 spiro atoms. The highest BCUT2D eigenvalue weighted by molar-refractivity contribution is 7.07. The molecule has 0 aromatic carbocycles. The highest BCUT2D eigenvalue weighted by Crippen LogP contribution is 2.25. The van der Waals surface area contributed by atoms with Gasteiger partial charge in [-0.05, 0) is 19.4 Å². The van der Waals surface area contributed by atoms with Crippen LogP contribution in [0.3, 0.4) is 0 Å². The van der Waals surface area contributed by atoms with Crippen LogP contribution in [0.15, 0.2) is 0 Å². The number of aromatic nitrogens is 2. The molecule has 90 valence electrons. The molecule has 1 aliphatic rings. The molecule has 0 aliphatic carbocycles. The van der Waals surface area contributed by atoms with Crippen molar-refractivity contribution in [3.05, 3.63) is 5.82 Å². The van der Waals surface area contributed by atoms with Crippen molar-refractivity contribution in [2.45, 2.75) is 45.1 Å². The average molecular weight is 241 g/mol. The topological polar surface area (TPSA) is 47.0 Å². The SMILES string of the molecule is CC(C)(C)c1nsc(O[C@H]2CCCNC2)n1. The first-order valence-corrected chi connectivity index (χ1v) is 6.54. The van der Waals surface area contributed by atoms with Crippen LogP contribution in [0.1, 0.15) is 39.4 Å². The number of piperidine rings is 1. The van der Waals surface area contributed by atoms with Gasteiger partial charge in [0.05, 0.1) is 0 Å². The van der Waals surface area contributed by atoms with Crippen LogP contribution in [0.4, 0.5) is 0 Å². The Morgan fingerprint density at radius 1 is 1.44 bits per heavy atom. The molecular formula is C11H19N3OS. The molecule has 4 nitrogen and oxygen atoms in total. The van der Waals surface area contributed by atoms with Gasteiger partial charge in [-0.25, -0.2) is 0 Å². The van der Waals surface area contributed by atoms with E-state index in [1.165, 1.54) is 18.0 Å². The summed E-state index contributed by atoms with van der Waals surface area (Å²) in [5.41, 5.74) is 0.00290. The summed E-state index contributed by atoms with van der Waals surface area (Å²) in [5, 5.41) is 4.03. The van der Waals surface area contributed by atoms with Crippen LogP contribution in [0.25, 0.3) is 0 Å². The molecule has 0 saturated carbocycles. The molecule has 16 heavy (non-hydrogen) atoms. The minimum absolute atomic E-state index is 0.00290. The second-order valence-electron chi connectivity index (χ2n) is 5.22. The van der Waals surface area contributed by atoms with Crippen molar-refractivity contribution in [1.82, 2.24) is 14.7 Å². The lowest BCUT2D eigenvalue weighted by atomic mass is 9.96. The maximum Gasteiger partial charge on any atom is 0.293 e. The van der Waals surface area contributed by atoms with E-state index in [2.05, 4.69) is 35.4 Å². The van der Waals surface area contributed by atoms with E-state index in [4.69, 9.17) is 4.74 Å². The number of rotatable bonds is 2. The summed E-state index contributed by atoms with van der Waals surface area (Å²) in [7, 11) is 0. The zero-order chi connectivity index (χ0) is 11.6. The lowest BCUT2D eigenvalue weighted by Gasteiger charge is -2.22. The Balaban J connectivity index is 1.97. The Morgan fingerprint density at radius 2 is 2.25 bits per heavy atom. The Kier molecular flexibility index (Phi) is 3.44. The van der Waals surface area contributed by atoms with Crippen LogP contribution >= 0.6 is 11.5 Å². The van der Waals surface area contributed by atoms with Gasteiger partial charge in [0.25, 0.3) is 5.19 Å². The zero-order valence-corrected chi connectivity index (χ0v) is 10.9. The summed E-state index contributed by atoms with van der Waals surface area (Å²) < 4.78 is 10.2. The molecule has 1 fully saturated rings. The summed E-state index contributed by atoms with van der Waals surface area (Å²) >= 11 is 1.36. The van der Waals surface area contributed by atoms with Gasteiger partial charge in [0.15, 0.2) is 5.82 Å². The van der Waals surface area contributed by atoms with Crippen molar-refractivity contribution in [2.75, 3.05) is 13.1 Å². The fraction of sp³-hybridized carbons (Fsp3) is 0.818. The molecule has 2 heterocycles. The molecular weight excluding hydrogens is 222 g/mol. The van der Waals surface area contributed by atoms with Gasteiger partial charge in [-0.3, -0.25) is 0 Å². The Labute approximate surface area is 101 Å². The van der Waals surface area contributed by atoms with Crippen molar-refractivity contribution in [1.29, 1.82) is 0 Å². The van der Waals surface area contributed by atoms with Gasteiger partial charge in [0.1, 0.15) is 6.10 Å². The molecule has 0 amide bonds. The molecule has 0 unspecified atom stereocenters. The van der Waals surface area contributed by atoms with Crippen molar-refractivity contribution in [3.8, 4) is 5.19 Å². The van der Waals surface area contributed by atoms with Gasteiger partial charge < -0.3 is 10.1 Å². The maximum absolute atomic E-state index is 5.81. The molecule has 2 rings (SSSR count). The van der Waals surface area contributed by atoms with Crippen molar-refractivity contribution < 1.29 is 4.74 Å². The monoisotopic (exact) mass is 241 g/mol. The lowest BCUT2D eigenvalue weighted by Crippen LogP contribution is -2.37. The van der Waals surface area contributed by atoms with Crippen molar-refractivity contribution >= 4 is 11.5 Å². The third-order valence-electron chi connectivity index (χ3n) is 2.60. The molecule has 1 N–H and O–H groups in total. The summed E-state index contributed by atoms with van der Waals surface area (Å²) in [5.74, 6) is 0.872. The summed E-state index contributed by atoms with van der Waals surface area (Å²) in [6.45, 7) is 8.36. The first kappa shape index (κ1) is 11.8. The van der Waals surface area contributed by atoms with E-state index in [-0.39, 0.29) is 11.5 Å². The number of nitrogens with zero attached hydrogens (tertiary/aromatic N) is 2. The van der Waals surface area contributed by atoms with E-state index in [0.717, 1.165) is 25.3 Å². The van der Waals surface area contributed by atoms with Gasteiger partial charge in [-0.2, -0.15) is 9.36 Å². The second-order valence-corrected chi connectivity index (χ2v) is 5.93. The lowest BCUT2D eigenvalue weighted by molar-refractivity contribution is 0.166. The minimum atomic E-state index is 0.00290. The smallest absolute Gasteiger partial charge is 0.293 e. The first-order chi connectivity index (χ1) is 7.55. The molecule has 1 saturated heterocycles. The van der Waals surface area contributed by atoms with Gasteiger partial charge in [0.2, 0.25) is 0 Å². The standard InChI is InChI=1S/C11H19N3OS/c1-11(2,3)9-13-10(16-14-9)15-8-5-4-6-12-7-8/h8,12H,4-7H2,1-3H3/t8-/m0/s1. The molecule has 0 radical (unpaired) electrons. The van der Waals surface area contributed by atoms with Crippen LogP contribution in [0, 0.1) is 0 Å². The number of ether oxygens (including phenoxy) is 1. The number of nitrogens with one attached hydrogen (secondary N) is 1. The molecule has 1 atom stereocenters. The second kappa shape index (κ2) is 4.67. The van der Waals surface area contributed by atoms with Gasteiger partial charge in [-0.1, -0.05) is 20.8 Å². The average Bonchev–Trinajstić information content (AvgIpc) is 2.67. The third-order valence-corrected chi connectivity index (χ3v) is 3.21. The van der Waals surface area contributed by atoms with E-state index in [9.17, 15) is 0 Å². The van der Waals surface area contributed by atoms with Gasteiger partial charge in [-0.15, -0.1) is 0 Å². The molecule has 1 aromatic rings. The number of hydrogen-bond acceptors (Lipinski definition) is 5. The van der Waals surface area contributed by atoms with Crippen LogP contribution in [-0.4, -0.2) is 28.6 Å². The molecule has 0 bridgehead atoms. The molecule has 1 aromatic heterocycles. The summed E-state index contributed by atoms with van der Waals surface area (Å²) in [6.07, 6.45) is 2.54. The third kappa shape index (κ3) is 2.92. The molecule has 1 aliphatic heterocycles. The van der Waals surface area contributed by atoms with Gasteiger partial charge >= 0.3 is 0 Å². The van der Waals surface area contributed by atoms with E-state index in [1.807, 2.05) is 0 Å². The minimum Gasteiger partial charge on any atom is -0.464 e. The Hall–Kier alpha value is -0.680. The van der Waals surface area contributed by atoms with E-state index in [0.29, 0.717) is 5.19 Å². The predicted octanol–water partition coefficient (Wildman–Crippen LogP) is 1.97. The highest BCUT2D eigenvalue weighted by Gasteiger charge is 2.22. The van der Waals surface area contributed by atoms with Crippen LogP contribution in [0.5, 0.6) is 5.19 Å². The molecule has 5 heteroatoms. The zero-order valence-electron chi connectivity index (χ0n) is 10.1. The van der Waals surface area contributed by atoms with Gasteiger partial charge in [0, 0.05) is 23.5 Å². The summed E-state index contributed by atoms with van der Waals surface area (Å²) in [4.78, 5) is 4.43. The highest BCUT2D eigenvalue weighted by atomic mass is 32.1. The number of hydrogen-bond donors (Lipinski definition) is 1.